The predicted molar refractivity (Wildman–Crippen MR) is 90.2 cm³/mol. The summed E-state index contributed by atoms with van der Waals surface area (Å²) in [6.07, 6.45) is 2.51. The standard InChI is InChI=1S/C17H19NO3S/c1-21-17(20)15(9-10-22-2)18-16(19)14-8-7-12-5-3-4-6-13(12)11-14/h3-8,11,15H,9-10H2,1-2H3,(H,18,19)/t15-/m1/s1. The second kappa shape index (κ2) is 7.84. The van der Waals surface area contributed by atoms with Crippen LogP contribution in [0.1, 0.15) is 16.8 Å². The molecule has 0 radical (unpaired) electrons. The fourth-order valence-electron chi connectivity index (χ4n) is 2.20. The van der Waals surface area contributed by atoms with Crippen molar-refractivity contribution in [1.82, 2.24) is 5.32 Å². The van der Waals surface area contributed by atoms with E-state index < -0.39 is 12.0 Å². The molecule has 1 amide bonds. The Balaban J connectivity index is 2.15. The molecule has 1 atom stereocenters. The monoisotopic (exact) mass is 317 g/mol. The molecule has 22 heavy (non-hydrogen) atoms. The molecular weight excluding hydrogens is 298 g/mol. The van der Waals surface area contributed by atoms with Gasteiger partial charge in [-0.05, 0) is 41.3 Å². The van der Waals surface area contributed by atoms with Gasteiger partial charge in [-0.15, -0.1) is 0 Å². The molecule has 0 saturated carbocycles. The van der Waals surface area contributed by atoms with Crippen LogP contribution >= 0.6 is 11.8 Å². The highest BCUT2D eigenvalue weighted by molar-refractivity contribution is 7.98. The Bertz CT molecular complexity index is 672. The number of amides is 1. The lowest BCUT2D eigenvalue weighted by Crippen LogP contribution is -2.41. The number of carbonyl (C=O) groups is 2. The van der Waals surface area contributed by atoms with Gasteiger partial charge >= 0.3 is 5.97 Å². The number of rotatable bonds is 6. The van der Waals surface area contributed by atoms with Crippen molar-refractivity contribution in [2.24, 2.45) is 0 Å². The third-order valence-corrected chi connectivity index (χ3v) is 4.06. The first-order valence-electron chi connectivity index (χ1n) is 7.02. The number of benzene rings is 2. The number of fused-ring (bicyclic) bond motifs is 1. The third-order valence-electron chi connectivity index (χ3n) is 3.41. The number of nitrogens with one attached hydrogen (secondary N) is 1. The minimum Gasteiger partial charge on any atom is -0.467 e. The van der Waals surface area contributed by atoms with Gasteiger partial charge in [0.2, 0.25) is 0 Å². The van der Waals surface area contributed by atoms with Crippen LogP contribution in [-0.4, -0.2) is 37.0 Å². The summed E-state index contributed by atoms with van der Waals surface area (Å²) in [6, 6.07) is 12.7. The SMILES string of the molecule is COC(=O)[C@@H](CCSC)NC(=O)c1ccc2ccccc2c1. The van der Waals surface area contributed by atoms with Crippen molar-refractivity contribution in [3.63, 3.8) is 0 Å². The summed E-state index contributed by atoms with van der Waals surface area (Å²) in [5.74, 6) is 0.100. The molecule has 0 bridgehead atoms. The van der Waals surface area contributed by atoms with Gasteiger partial charge in [0.25, 0.3) is 5.91 Å². The lowest BCUT2D eigenvalue weighted by molar-refractivity contribution is -0.142. The van der Waals surface area contributed by atoms with Crippen molar-refractivity contribution in [1.29, 1.82) is 0 Å². The topological polar surface area (TPSA) is 55.4 Å². The number of hydrogen-bond acceptors (Lipinski definition) is 4. The van der Waals surface area contributed by atoms with Crippen molar-refractivity contribution in [2.45, 2.75) is 12.5 Å². The summed E-state index contributed by atoms with van der Waals surface area (Å²) >= 11 is 1.62. The van der Waals surface area contributed by atoms with Crippen molar-refractivity contribution in [3.05, 3.63) is 48.0 Å². The minimum atomic E-state index is -0.614. The van der Waals surface area contributed by atoms with E-state index >= 15 is 0 Å². The second-order valence-corrected chi connectivity index (χ2v) is 5.88. The smallest absolute Gasteiger partial charge is 0.328 e. The number of carbonyl (C=O) groups excluding carboxylic acids is 2. The molecule has 0 aliphatic rings. The van der Waals surface area contributed by atoms with Crippen LogP contribution in [0.25, 0.3) is 10.8 Å². The highest BCUT2D eigenvalue weighted by atomic mass is 32.2. The van der Waals surface area contributed by atoms with Gasteiger partial charge in [-0.25, -0.2) is 4.79 Å². The fourth-order valence-corrected chi connectivity index (χ4v) is 2.67. The molecule has 2 aromatic carbocycles. The van der Waals surface area contributed by atoms with E-state index in [0.717, 1.165) is 16.5 Å². The van der Waals surface area contributed by atoms with E-state index in [1.807, 2.05) is 42.7 Å². The first-order chi connectivity index (χ1) is 10.7. The predicted octanol–water partition coefficient (Wildman–Crippen LogP) is 2.86. The summed E-state index contributed by atoms with van der Waals surface area (Å²) in [4.78, 5) is 24.1. The highest BCUT2D eigenvalue weighted by Crippen LogP contribution is 2.16. The Morgan fingerprint density at radius 3 is 2.59 bits per heavy atom. The molecule has 4 nitrogen and oxygen atoms in total. The van der Waals surface area contributed by atoms with Crippen LogP contribution in [0.2, 0.25) is 0 Å². The molecule has 0 fully saturated rings. The zero-order chi connectivity index (χ0) is 15.9. The van der Waals surface area contributed by atoms with Gasteiger partial charge in [0.05, 0.1) is 7.11 Å². The van der Waals surface area contributed by atoms with Crippen molar-refractivity contribution >= 4 is 34.4 Å². The third kappa shape index (κ3) is 4.01. The van der Waals surface area contributed by atoms with E-state index in [9.17, 15) is 9.59 Å². The van der Waals surface area contributed by atoms with E-state index in [0.29, 0.717) is 12.0 Å². The van der Waals surface area contributed by atoms with Crippen LogP contribution in [0, 0.1) is 0 Å². The van der Waals surface area contributed by atoms with Gasteiger partial charge in [-0.1, -0.05) is 30.3 Å². The molecule has 116 valence electrons. The van der Waals surface area contributed by atoms with E-state index in [4.69, 9.17) is 4.74 Å². The fraction of sp³-hybridized carbons (Fsp3) is 0.294. The molecule has 0 aliphatic heterocycles. The molecule has 1 N–H and O–H groups in total. The Morgan fingerprint density at radius 1 is 1.18 bits per heavy atom. The molecule has 2 aromatic rings. The van der Waals surface area contributed by atoms with E-state index in [1.54, 1.807) is 17.8 Å². The number of methoxy groups -OCH3 is 1. The van der Waals surface area contributed by atoms with Gasteiger partial charge < -0.3 is 10.1 Å². The Labute approximate surface area is 134 Å². The summed E-state index contributed by atoms with van der Waals surface area (Å²) in [5.41, 5.74) is 0.539. The number of esters is 1. The minimum absolute atomic E-state index is 0.262. The zero-order valence-electron chi connectivity index (χ0n) is 12.7. The Hall–Kier alpha value is -2.01. The Kier molecular flexibility index (Phi) is 5.83. The number of hydrogen-bond donors (Lipinski definition) is 1. The quantitative estimate of drug-likeness (QED) is 0.832. The molecule has 0 aliphatic carbocycles. The summed E-state index contributed by atoms with van der Waals surface area (Å²) in [5, 5.41) is 4.83. The molecule has 5 heteroatoms. The van der Waals surface area contributed by atoms with Crippen LogP contribution in [0.4, 0.5) is 0 Å². The van der Waals surface area contributed by atoms with Crippen molar-refractivity contribution in [2.75, 3.05) is 19.1 Å². The molecule has 0 aromatic heterocycles. The average molecular weight is 317 g/mol. The number of thioether (sulfide) groups is 1. The summed E-state index contributed by atoms with van der Waals surface area (Å²) in [7, 11) is 1.33. The van der Waals surface area contributed by atoms with Crippen LogP contribution < -0.4 is 5.32 Å². The van der Waals surface area contributed by atoms with Crippen molar-refractivity contribution < 1.29 is 14.3 Å². The average Bonchev–Trinajstić information content (AvgIpc) is 2.57. The van der Waals surface area contributed by atoms with Crippen molar-refractivity contribution in [3.8, 4) is 0 Å². The molecule has 0 heterocycles. The molecule has 0 spiro atoms. The highest BCUT2D eigenvalue weighted by Gasteiger charge is 2.21. The van der Waals surface area contributed by atoms with E-state index in [1.165, 1.54) is 7.11 Å². The normalized spacial score (nSPS) is 11.9. The van der Waals surface area contributed by atoms with Crippen LogP contribution in [0.3, 0.4) is 0 Å². The Morgan fingerprint density at radius 2 is 1.91 bits per heavy atom. The van der Waals surface area contributed by atoms with Gasteiger partial charge in [0, 0.05) is 5.56 Å². The van der Waals surface area contributed by atoms with Crippen LogP contribution in [0.5, 0.6) is 0 Å². The molecule has 0 unspecified atom stereocenters. The van der Waals surface area contributed by atoms with Gasteiger partial charge in [-0.2, -0.15) is 11.8 Å². The summed E-state index contributed by atoms with van der Waals surface area (Å²) < 4.78 is 4.75. The number of ether oxygens (including phenoxy) is 1. The lowest BCUT2D eigenvalue weighted by Gasteiger charge is -2.16. The maximum atomic E-state index is 12.4. The van der Waals surface area contributed by atoms with Gasteiger partial charge in [-0.3, -0.25) is 4.79 Å². The van der Waals surface area contributed by atoms with Crippen LogP contribution in [-0.2, 0) is 9.53 Å². The lowest BCUT2D eigenvalue weighted by atomic mass is 10.1. The first kappa shape index (κ1) is 16.4. The maximum absolute atomic E-state index is 12.4. The molecule has 0 saturated heterocycles. The molecular formula is C17H19NO3S. The maximum Gasteiger partial charge on any atom is 0.328 e. The van der Waals surface area contributed by atoms with E-state index in [2.05, 4.69) is 5.32 Å². The van der Waals surface area contributed by atoms with Crippen LogP contribution in [0.15, 0.2) is 42.5 Å². The van der Waals surface area contributed by atoms with E-state index in [-0.39, 0.29) is 5.91 Å². The van der Waals surface area contributed by atoms with Gasteiger partial charge in [0.1, 0.15) is 6.04 Å². The zero-order valence-corrected chi connectivity index (χ0v) is 13.5. The largest absolute Gasteiger partial charge is 0.467 e. The molecule has 2 rings (SSSR count). The second-order valence-electron chi connectivity index (χ2n) is 4.89. The van der Waals surface area contributed by atoms with Gasteiger partial charge in [0.15, 0.2) is 0 Å². The first-order valence-corrected chi connectivity index (χ1v) is 8.41. The summed E-state index contributed by atoms with van der Waals surface area (Å²) in [6.45, 7) is 0.